The van der Waals surface area contributed by atoms with E-state index in [0.717, 1.165) is 69.4 Å². The normalized spacial score (nSPS) is 25.0. The zero-order chi connectivity index (χ0) is 27.1. The maximum absolute atomic E-state index is 13.1. The topological polar surface area (TPSA) is 75.1 Å². The van der Waals surface area contributed by atoms with E-state index in [4.69, 9.17) is 4.74 Å². The number of thiazole rings is 1. The van der Waals surface area contributed by atoms with Crippen molar-refractivity contribution in [1.29, 1.82) is 0 Å². The molecule has 0 saturated heterocycles. The lowest BCUT2D eigenvalue weighted by molar-refractivity contribution is -0.134. The van der Waals surface area contributed by atoms with Crippen LogP contribution in [0.1, 0.15) is 81.8 Å². The smallest absolute Gasteiger partial charge is 0.277 e. The molecule has 0 radical (unpaired) electrons. The Morgan fingerprint density at radius 1 is 1.23 bits per heavy atom. The molecule has 0 spiro atoms. The first-order valence-electron chi connectivity index (χ1n) is 14.0. The molecule has 0 bridgehead atoms. The molecule has 6 rings (SSSR count). The highest BCUT2D eigenvalue weighted by Crippen LogP contribution is 2.41. The van der Waals surface area contributed by atoms with Crippen LogP contribution in [-0.2, 0) is 19.5 Å². The number of carbonyl (C=O) groups excluding carboxylic acids is 2. The van der Waals surface area contributed by atoms with Crippen molar-refractivity contribution in [2.24, 2.45) is 16.8 Å². The second-order valence-corrected chi connectivity index (χ2v) is 12.6. The van der Waals surface area contributed by atoms with Gasteiger partial charge in [-0.25, -0.2) is 18.8 Å². The van der Waals surface area contributed by atoms with E-state index >= 15 is 0 Å². The molecule has 3 heterocycles. The Morgan fingerprint density at radius 3 is 2.79 bits per heavy atom. The third kappa shape index (κ3) is 5.77. The first-order chi connectivity index (χ1) is 18.7. The molecule has 4 aliphatic rings. The summed E-state index contributed by atoms with van der Waals surface area (Å²) in [4.78, 5) is 39.2. The third-order valence-electron chi connectivity index (χ3n) is 8.63. The maximum atomic E-state index is 13.1. The number of halogens is 2. The molecule has 2 fully saturated rings. The minimum absolute atomic E-state index is 0.0454. The van der Waals surface area contributed by atoms with Gasteiger partial charge in [0.05, 0.1) is 5.69 Å². The number of ether oxygens (including phenoxy) is 1. The van der Waals surface area contributed by atoms with Crippen molar-refractivity contribution in [3.8, 4) is 5.19 Å². The van der Waals surface area contributed by atoms with E-state index in [1.807, 2.05) is 6.21 Å². The van der Waals surface area contributed by atoms with Crippen molar-refractivity contribution < 1.29 is 23.1 Å². The van der Waals surface area contributed by atoms with Crippen LogP contribution in [0.5, 0.6) is 5.19 Å². The Balaban J connectivity index is 0.939. The average Bonchev–Trinajstić information content (AvgIpc) is 3.44. The van der Waals surface area contributed by atoms with Gasteiger partial charge in [0, 0.05) is 61.7 Å². The van der Waals surface area contributed by atoms with Crippen LogP contribution in [0.25, 0.3) is 0 Å². The molecule has 2 aromatic rings. The van der Waals surface area contributed by atoms with Gasteiger partial charge in [0.25, 0.3) is 22.9 Å². The number of fused-ring (bicyclic) bond motifs is 2. The van der Waals surface area contributed by atoms with Gasteiger partial charge in [-0.1, -0.05) is 17.4 Å². The number of amides is 2. The fourth-order valence-corrected chi connectivity index (χ4v) is 7.18. The Morgan fingerprint density at radius 2 is 2.03 bits per heavy atom. The number of hydrogen-bond donors (Lipinski definition) is 0. The summed E-state index contributed by atoms with van der Waals surface area (Å²) in [6.45, 7) is 3.26. The first kappa shape index (κ1) is 26.5. The molecule has 10 heteroatoms. The van der Waals surface area contributed by atoms with E-state index in [9.17, 15) is 18.4 Å². The van der Waals surface area contributed by atoms with Gasteiger partial charge >= 0.3 is 0 Å². The number of benzene rings is 1. The van der Waals surface area contributed by atoms with E-state index in [1.54, 1.807) is 30.1 Å². The minimum atomic E-state index is -2.58. The van der Waals surface area contributed by atoms with E-state index < -0.39 is 12.0 Å². The summed E-state index contributed by atoms with van der Waals surface area (Å²) in [5, 5.41) is 0.540. The van der Waals surface area contributed by atoms with Crippen LogP contribution in [0.15, 0.2) is 23.2 Å². The largest absolute Gasteiger partial charge is 0.466 e. The van der Waals surface area contributed by atoms with Crippen molar-refractivity contribution >= 4 is 29.4 Å². The van der Waals surface area contributed by atoms with E-state index in [-0.39, 0.29) is 24.7 Å². The Labute approximate surface area is 231 Å². The van der Waals surface area contributed by atoms with Crippen LogP contribution >= 0.6 is 11.3 Å². The lowest BCUT2D eigenvalue weighted by Crippen LogP contribution is -2.43. The average molecular weight is 557 g/mol. The summed E-state index contributed by atoms with van der Waals surface area (Å²) in [7, 11) is 1.75. The van der Waals surface area contributed by atoms with Gasteiger partial charge in [0.2, 0.25) is 0 Å². The highest BCUT2D eigenvalue weighted by molar-refractivity contribution is 7.13. The number of aromatic nitrogens is 1. The molecule has 0 N–H and O–H groups in total. The summed E-state index contributed by atoms with van der Waals surface area (Å²) in [5.74, 6) is -1.91. The summed E-state index contributed by atoms with van der Waals surface area (Å²) >= 11 is 1.51. The number of alkyl halides is 2. The van der Waals surface area contributed by atoms with Crippen LogP contribution in [0.3, 0.4) is 0 Å². The van der Waals surface area contributed by atoms with Gasteiger partial charge in [-0.2, -0.15) is 0 Å². The second kappa shape index (κ2) is 10.7. The van der Waals surface area contributed by atoms with Crippen molar-refractivity contribution in [1.82, 2.24) is 14.8 Å². The number of nitrogens with zero attached hydrogens (tertiary/aromatic N) is 4. The molecule has 1 aromatic carbocycles. The highest BCUT2D eigenvalue weighted by atomic mass is 32.1. The molecular formula is C29H34F2N4O3S. The molecule has 2 amide bonds. The zero-order valence-corrected chi connectivity index (χ0v) is 23.0. The van der Waals surface area contributed by atoms with Gasteiger partial charge < -0.3 is 9.64 Å². The van der Waals surface area contributed by atoms with Gasteiger partial charge in [0.1, 0.15) is 6.10 Å². The molecule has 2 saturated carbocycles. The van der Waals surface area contributed by atoms with Crippen LogP contribution in [0.4, 0.5) is 8.78 Å². The maximum Gasteiger partial charge on any atom is 0.277 e. The van der Waals surface area contributed by atoms with Crippen molar-refractivity contribution in [2.45, 2.75) is 76.5 Å². The molecule has 2 aliphatic heterocycles. The molecule has 2 aliphatic carbocycles. The second-order valence-electron chi connectivity index (χ2n) is 11.5. The SMILES string of the molecule is CN1Cc2c(C(=O)/N=C/C3CCC(CCN4CCc5sc(OC6CC(F)(F)C6)nc5C4)CC3)cccc2C1=O. The summed E-state index contributed by atoms with van der Waals surface area (Å²) < 4.78 is 31.9. The number of aliphatic imine (C=N–C) groups is 1. The van der Waals surface area contributed by atoms with Gasteiger partial charge in [-0.15, -0.1) is 0 Å². The fourth-order valence-electron chi connectivity index (χ4n) is 6.21. The van der Waals surface area contributed by atoms with Gasteiger partial charge in [0.15, 0.2) is 0 Å². The predicted octanol–water partition coefficient (Wildman–Crippen LogP) is 5.37. The molecule has 39 heavy (non-hydrogen) atoms. The lowest BCUT2D eigenvalue weighted by Gasteiger charge is -2.33. The van der Waals surface area contributed by atoms with Gasteiger partial charge in [-0.05, 0) is 74.6 Å². The minimum Gasteiger partial charge on any atom is -0.466 e. The molecule has 0 unspecified atom stereocenters. The van der Waals surface area contributed by atoms with Crippen molar-refractivity contribution in [2.75, 3.05) is 20.1 Å². The standard InChI is InChI=1S/C29H34F2N4O3S/c1-34-16-23-21(3-2-4-22(23)27(34)37)26(36)32-15-19-7-5-18(6-8-19)9-11-35-12-10-25-24(17-35)33-28(39-25)38-20-13-29(30,31)14-20/h2-4,15,18-20H,5-14,16-17H2,1H3/b32-15+. The Kier molecular flexibility index (Phi) is 7.26. The lowest BCUT2D eigenvalue weighted by atomic mass is 9.81. The van der Waals surface area contributed by atoms with Crippen LogP contribution < -0.4 is 4.74 Å². The van der Waals surface area contributed by atoms with Crippen LogP contribution in [0.2, 0.25) is 0 Å². The molecule has 7 nitrogen and oxygen atoms in total. The molecule has 0 atom stereocenters. The first-order valence-corrected chi connectivity index (χ1v) is 14.8. The highest BCUT2D eigenvalue weighted by Gasteiger charge is 2.47. The fraction of sp³-hybridized carbons (Fsp3) is 0.586. The summed E-state index contributed by atoms with van der Waals surface area (Å²) in [6, 6.07) is 5.30. The monoisotopic (exact) mass is 556 g/mol. The van der Waals surface area contributed by atoms with Crippen LogP contribution in [0, 0.1) is 11.8 Å². The molecule has 1 aromatic heterocycles. The van der Waals surface area contributed by atoms with Crippen molar-refractivity contribution in [3.63, 3.8) is 0 Å². The molecule has 208 valence electrons. The van der Waals surface area contributed by atoms with E-state index in [0.29, 0.717) is 34.7 Å². The van der Waals surface area contributed by atoms with E-state index in [2.05, 4.69) is 14.9 Å². The number of hydrogen-bond acceptors (Lipinski definition) is 6. The number of rotatable bonds is 7. The Hall–Kier alpha value is -2.72. The molecular weight excluding hydrogens is 522 g/mol. The zero-order valence-electron chi connectivity index (χ0n) is 22.2. The quantitative estimate of drug-likeness (QED) is 0.429. The summed E-state index contributed by atoms with van der Waals surface area (Å²) in [5.41, 5.74) is 2.96. The third-order valence-corrected chi connectivity index (χ3v) is 9.68. The van der Waals surface area contributed by atoms with Crippen LogP contribution in [-0.4, -0.2) is 65.0 Å². The number of carbonyl (C=O) groups is 2. The Bertz CT molecular complexity index is 1280. The predicted molar refractivity (Wildman–Crippen MR) is 145 cm³/mol. The van der Waals surface area contributed by atoms with E-state index in [1.165, 1.54) is 16.2 Å². The van der Waals surface area contributed by atoms with Gasteiger partial charge in [-0.3, -0.25) is 14.5 Å². The van der Waals surface area contributed by atoms with Crippen molar-refractivity contribution in [3.05, 3.63) is 45.5 Å². The summed E-state index contributed by atoms with van der Waals surface area (Å²) in [6.07, 6.45) is 7.41.